The summed E-state index contributed by atoms with van der Waals surface area (Å²) in [7, 11) is 0. The molecule has 2 heterocycles. The van der Waals surface area contributed by atoms with Gasteiger partial charge in [0, 0.05) is 18.8 Å². The molecule has 3 rings (SSSR count). The first-order valence-corrected chi connectivity index (χ1v) is 10.5. The third-order valence-corrected chi connectivity index (χ3v) is 5.63. The number of cyclic esters (lactones) is 1. The largest absolute Gasteiger partial charge is 0.507 e. The van der Waals surface area contributed by atoms with Crippen LogP contribution in [0.4, 0.5) is 0 Å². The number of esters is 1. The highest BCUT2D eigenvalue weighted by Crippen LogP contribution is 2.29. The average Bonchev–Trinajstić information content (AvgIpc) is 3.18. The van der Waals surface area contributed by atoms with E-state index in [9.17, 15) is 25.2 Å². The van der Waals surface area contributed by atoms with Crippen molar-refractivity contribution in [3.63, 3.8) is 0 Å². The Morgan fingerprint density at radius 2 is 2.03 bits per heavy atom. The predicted octanol–water partition coefficient (Wildman–Crippen LogP) is 2.24. The minimum Gasteiger partial charge on any atom is -0.507 e. The van der Waals surface area contributed by atoms with Crippen LogP contribution in [-0.2, 0) is 17.6 Å². The Labute approximate surface area is 180 Å². The second-order valence-electron chi connectivity index (χ2n) is 7.98. The van der Waals surface area contributed by atoms with Gasteiger partial charge < -0.3 is 29.6 Å². The maximum atomic E-state index is 12.1. The minimum atomic E-state index is -0.873. The van der Waals surface area contributed by atoms with Crippen molar-refractivity contribution >= 4 is 12.0 Å². The standard InChI is InChI=1S/C23H29NO7/c1-3-18(26)13(2)20(28)11-21-24-15(12-30-21)7-8-16(25)10-17-9-14-5-4-6-19(27)22(14)23(29)31-17/h4-8,12-13,16-18,20,25-28H,3,9-11H2,1-2H3/b8-7+/t13-,16-,17+,18-,20+/m1/s1. The van der Waals surface area contributed by atoms with Gasteiger partial charge in [-0.3, -0.25) is 0 Å². The van der Waals surface area contributed by atoms with Gasteiger partial charge in [0.1, 0.15) is 29.4 Å². The van der Waals surface area contributed by atoms with Crippen LogP contribution in [0.2, 0.25) is 0 Å². The van der Waals surface area contributed by atoms with E-state index in [0.717, 1.165) is 0 Å². The molecule has 8 heteroatoms. The third-order valence-electron chi connectivity index (χ3n) is 5.63. The Morgan fingerprint density at radius 3 is 2.77 bits per heavy atom. The number of aromatic nitrogens is 1. The monoisotopic (exact) mass is 431 g/mol. The smallest absolute Gasteiger partial charge is 0.342 e. The van der Waals surface area contributed by atoms with Gasteiger partial charge in [-0.2, -0.15) is 0 Å². The molecule has 31 heavy (non-hydrogen) atoms. The molecule has 0 radical (unpaired) electrons. The molecule has 0 aliphatic carbocycles. The van der Waals surface area contributed by atoms with E-state index in [0.29, 0.717) is 30.0 Å². The molecule has 1 aliphatic heterocycles. The molecule has 4 N–H and O–H groups in total. The summed E-state index contributed by atoms with van der Waals surface area (Å²) in [6.07, 6.45) is 3.15. The Balaban J connectivity index is 1.54. The van der Waals surface area contributed by atoms with E-state index in [4.69, 9.17) is 9.15 Å². The first kappa shape index (κ1) is 23.0. The van der Waals surface area contributed by atoms with Gasteiger partial charge in [0.2, 0.25) is 0 Å². The van der Waals surface area contributed by atoms with Crippen LogP contribution < -0.4 is 0 Å². The zero-order valence-corrected chi connectivity index (χ0v) is 17.6. The number of carbonyl (C=O) groups is 1. The number of aliphatic hydroxyl groups is 3. The second kappa shape index (κ2) is 10.1. The molecule has 0 saturated heterocycles. The summed E-state index contributed by atoms with van der Waals surface area (Å²) in [5.41, 5.74) is 1.36. The summed E-state index contributed by atoms with van der Waals surface area (Å²) in [6, 6.07) is 4.87. The number of nitrogens with zero attached hydrogens (tertiary/aromatic N) is 1. The van der Waals surface area contributed by atoms with E-state index in [1.807, 2.05) is 6.92 Å². The van der Waals surface area contributed by atoms with Crippen LogP contribution in [0.5, 0.6) is 5.75 Å². The molecule has 0 spiro atoms. The predicted molar refractivity (Wildman–Crippen MR) is 112 cm³/mol. The van der Waals surface area contributed by atoms with E-state index in [2.05, 4.69) is 4.98 Å². The molecule has 8 nitrogen and oxygen atoms in total. The molecule has 0 unspecified atom stereocenters. The summed E-state index contributed by atoms with van der Waals surface area (Å²) >= 11 is 0. The lowest BCUT2D eigenvalue weighted by Gasteiger charge is -2.26. The molecule has 2 aromatic rings. The van der Waals surface area contributed by atoms with Crippen LogP contribution in [0.25, 0.3) is 6.08 Å². The number of phenolic OH excluding ortho intramolecular Hbond substituents is 1. The number of ether oxygens (including phenoxy) is 1. The Hall–Kier alpha value is -2.68. The normalized spacial score (nSPS) is 20.2. The summed E-state index contributed by atoms with van der Waals surface area (Å²) in [5.74, 6) is -0.660. The number of fused-ring (bicyclic) bond motifs is 1. The number of hydrogen-bond donors (Lipinski definition) is 4. The molecule has 1 aliphatic rings. The lowest BCUT2D eigenvalue weighted by atomic mass is 9.94. The van der Waals surface area contributed by atoms with Gasteiger partial charge in [0.25, 0.3) is 0 Å². The Bertz CT molecular complexity index is 922. The number of hydrogen-bond acceptors (Lipinski definition) is 8. The highest BCUT2D eigenvalue weighted by Gasteiger charge is 2.29. The molecule has 0 fully saturated rings. The second-order valence-corrected chi connectivity index (χ2v) is 7.98. The van der Waals surface area contributed by atoms with Crippen LogP contribution in [0.3, 0.4) is 0 Å². The fourth-order valence-corrected chi connectivity index (χ4v) is 3.67. The number of oxazole rings is 1. The zero-order chi connectivity index (χ0) is 22.5. The molecule has 0 amide bonds. The molecule has 5 atom stereocenters. The van der Waals surface area contributed by atoms with Gasteiger partial charge in [-0.25, -0.2) is 9.78 Å². The number of aliphatic hydroxyl groups excluding tert-OH is 3. The van der Waals surface area contributed by atoms with Crippen LogP contribution in [0, 0.1) is 5.92 Å². The summed E-state index contributed by atoms with van der Waals surface area (Å²) in [5, 5.41) is 40.2. The van der Waals surface area contributed by atoms with E-state index in [-0.39, 0.29) is 30.1 Å². The van der Waals surface area contributed by atoms with Gasteiger partial charge in [-0.05, 0) is 24.1 Å². The number of carbonyl (C=O) groups excluding carboxylic acids is 1. The Kier molecular flexibility index (Phi) is 7.48. The maximum Gasteiger partial charge on any atom is 0.342 e. The average molecular weight is 431 g/mol. The number of benzene rings is 1. The van der Waals surface area contributed by atoms with Crippen molar-refractivity contribution in [1.82, 2.24) is 4.98 Å². The van der Waals surface area contributed by atoms with Crippen molar-refractivity contribution < 1.29 is 34.4 Å². The van der Waals surface area contributed by atoms with E-state index >= 15 is 0 Å². The van der Waals surface area contributed by atoms with Crippen molar-refractivity contribution in [2.75, 3.05) is 0 Å². The SMILES string of the molecule is CC[C@@H](O)[C@@H](C)[C@@H](O)Cc1nc(/C=C/[C@@H](O)C[C@@H]2Cc3cccc(O)c3C(=O)O2)co1. The Morgan fingerprint density at radius 1 is 1.26 bits per heavy atom. The minimum absolute atomic E-state index is 0.105. The van der Waals surface area contributed by atoms with Crippen LogP contribution in [0.1, 0.15) is 54.2 Å². The molecule has 1 aromatic carbocycles. The van der Waals surface area contributed by atoms with Crippen molar-refractivity contribution in [2.45, 2.75) is 63.9 Å². The van der Waals surface area contributed by atoms with Crippen molar-refractivity contribution in [1.29, 1.82) is 0 Å². The van der Waals surface area contributed by atoms with Gasteiger partial charge >= 0.3 is 5.97 Å². The van der Waals surface area contributed by atoms with E-state index in [1.54, 1.807) is 25.1 Å². The first-order chi connectivity index (χ1) is 14.8. The molecule has 0 saturated carbocycles. The van der Waals surface area contributed by atoms with Gasteiger partial charge in [0.15, 0.2) is 5.89 Å². The van der Waals surface area contributed by atoms with Crippen molar-refractivity contribution in [3.8, 4) is 5.75 Å². The summed E-state index contributed by atoms with van der Waals surface area (Å²) < 4.78 is 10.7. The van der Waals surface area contributed by atoms with Gasteiger partial charge in [-0.1, -0.05) is 32.1 Å². The highest BCUT2D eigenvalue weighted by atomic mass is 16.5. The third kappa shape index (κ3) is 5.72. The van der Waals surface area contributed by atoms with Crippen LogP contribution in [0.15, 0.2) is 35.0 Å². The molecule has 168 valence electrons. The summed E-state index contributed by atoms with van der Waals surface area (Å²) in [4.78, 5) is 16.4. The molecule has 1 aromatic heterocycles. The zero-order valence-electron chi connectivity index (χ0n) is 17.6. The van der Waals surface area contributed by atoms with Crippen molar-refractivity contribution in [2.24, 2.45) is 5.92 Å². The van der Waals surface area contributed by atoms with Crippen molar-refractivity contribution in [3.05, 3.63) is 53.2 Å². The number of aromatic hydroxyl groups is 1. The molecular weight excluding hydrogens is 402 g/mol. The van der Waals surface area contributed by atoms with Crippen LogP contribution in [-0.4, -0.2) is 55.8 Å². The topological polar surface area (TPSA) is 133 Å². The summed E-state index contributed by atoms with van der Waals surface area (Å²) in [6.45, 7) is 3.63. The fourth-order valence-electron chi connectivity index (χ4n) is 3.67. The lowest BCUT2D eigenvalue weighted by Crippen LogP contribution is -2.30. The maximum absolute atomic E-state index is 12.1. The number of rotatable bonds is 9. The fraction of sp³-hybridized carbons (Fsp3) is 0.478. The lowest BCUT2D eigenvalue weighted by molar-refractivity contribution is 0.0144. The quantitative estimate of drug-likeness (QED) is 0.444. The van der Waals surface area contributed by atoms with Gasteiger partial charge in [-0.15, -0.1) is 0 Å². The van der Waals surface area contributed by atoms with Crippen LogP contribution >= 0.6 is 0 Å². The highest BCUT2D eigenvalue weighted by molar-refractivity contribution is 5.95. The van der Waals surface area contributed by atoms with E-state index in [1.165, 1.54) is 18.4 Å². The molecular formula is C23H29NO7. The molecule has 0 bridgehead atoms. The number of phenols is 1. The van der Waals surface area contributed by atoms with E-state index < -0.39 is 30.4 Å². The first-order valence-electron chi connectivity index (χ1n) is 10.5. The van der Waals surface area contributed by atoms with Gasteiger partial charge in [0.05, 0.1) is 24.7 Å².